The van der Waals surface area contributed by atoms with Crippen molar-refractivity contribution < 1.29 is 4.79 Å². The van der Waals surface area contributed by atoms with Gasteiger partial charge in [0.1, 0.15) is 0 Å². The Kier molecular flexibility index (Phi) is 5.60. The molecule has 0 bridgehead atoms. The minimum absolute atomic E-state index is 0.284. The van der Waals surface area contributed by atoms with E-state index in [4.69, 9.17) is 0 Å². The Morgan fingerprint density at radius 2 is 2.05 bits per heavy atom. The van der Waals surface area contributed by atoms with Gasteiger partial charge in [0.05, 0.1) is 6.04 Å². The topological polar surface area (TPSA) is 32.3 Å². The minimum atomic E-state index is 0.284. The molecule has 2 rings (SSSR count). The van der Waals surface area contributed by atoms with Crippen molar-refractivity contribution in [3.63, 3.8) is 0 Å². The summed E-state index contributed by atoms with van der Waals surface area (Å²) < 4.78 is 0. The fourth-order valence-corrected chi connectivity index (χ4v) is 2.93. The molecule has 1 N–H and O–H groups in total. The minimum Gasteiger partial charge on any atom is -0.336 e. The lowest BCUT2D eigenvalue weighted by molar-refractivity contribution is -0.135. The normalized spacial score (nSPS) is 19.1. The van der Waals surface area contributed by atoms with Crippen LogP contribution < -0.4 is 5.32 Å². The van der Waals surface area contributed by atoms with Crippen LogP contribution in [0.4, 0.5) is 0 Å². The Hall–Kier alpha value is -1.35. The van der Waals surface area contributed by atoms with Crippen molar-refractivity contribution >= 4 is 5.91 Å². The molecule has 1 aromatic carbocycles. The number of carbonyl (C=O) groups is 1. The first-order chi connectivity index (χ1) is 9.72. The molecule has 1 unspecified atom stereocenters. The van der Waals surface area contributed by atoms with Crippen molar-refractivity contribution in [3.8, 4) is 0 Å². The lowest BCUT2D eigenvalue weighted by atomic mass is 9.94. The summed E-state index contributed by atoms with van der Waals surface area (Å²) in [4.78, 5) is 14.5. The molecule has 1 aromatic rings. The number of aryl methyl sites for hydroxylation is 1. The third-order valence-corrected chi connectivity index (χ3v) is 4.10. The first kappa shape index (κ1) is 15.0. The van der Waals surface area contributed by atoms with Gasteiger partial charge in [0.25, 0.3) is 0 Å². The zero-order valence-electron chi connectivity index (χ0n) is 12.7. The smallest absolute Gasteiger partial charge is 0.223 e. The predicted molar refractivity (Wildman–Crippen MR) is 82.6 cm³/mol. The summed E-state index contributed by atoms with van der Waals surface area (Å²) in [5, 5.41) is 3.10. The summed E-state index contributed by atoms with van der Waals surface area (Å²) in [6.45, 7) is 3.93. The molecule has 0 saturated carbocycles. The molecular formula is C17H26N2O. The summed E-state index contributed by atoms with van der Waals surface area (Å²) in [6, 6.07) is 8.94. The number of likely N-dealkylation sites (tertiary alicyclic amines) is 1. The van der Waals surface area contributed by atoms with Crippen LogP contribution in [0.25, 0.3) is 0 Å². The lowest BCUT2D eigenvalue weighted by Crippen LogP contribution is -2.38. The van der Waals surface area contributed by atoms with Gasteiger partial charge in [-0.3, -0.25) is 4.79 Å². The van der Waals surface area contributed by atoms with E-state index in [1.807, 2.05) is 7.05 Å². The standard InChI is InChI=1S/C17H26N2O/c1-14-8-10-15(11-9-14)16-6-3-4-13-19(16)17(20)7-5-12-18-2/h8-11,16,18H,3-7,12-13H2,1-2H3. The van der Waals surface area contributed by atoms with Gasteiger partial charge in [0.15, 0.2) is 0 Å². The van der Waals surface area contributed by atoms with E-state index < -0.39 is 0 Å². The third-order valence-electron chi connectivity index (χ3n) is 4.10. The first-order valence-electron chi connectivity index (χ1n) is 7.73. The predicted octanol–water partition coefficient (Wildman–Crippen LogP) is 3.05. The van der Waals surface area contributed by atoms with Crippen LogP contribution in [0.1, 0.15) is 49.3 Å². The quantitative estimate of drug-likeness (QED) is 0.837. The Morgan fingerprint density at radius 1 is 1.30 bits per heavy atom. The number of nitrogens with zero attached hydrogens (tertiary/aromatic N) is 1. The Balaban J connectivity index is 2.04. The molecule has 3 nitrogen and oxygen atoms in total. The van der Waals surface area contributed by atoms with Crippen LogP contribution in [0.2, 0.25) is 0 Å². The number of nitrogens with one attached hydrogen (secondary N) is 1. The van der Waals surface area contributed by atoms with Crippen LogP contribution in [0.3, 0.4) is 0 Å². The number of hydrogen-bond donors (Lipinski definition) is 1. The van der Waals surface area contributed by atoms with E-state index in [9.17, 15) is 4.79 Å². The number of hydrogen-bond acceptors (Lipinski definition) is 2. The van der Waals surface area contributed by atoms with Crippen LogP contribution in [0.5, 0.6) is 0 Å². The zero-order chi connectivity index (χ0) is 14.4. The van der Waals surface area contributed by atoms with E-state index in [1.54, 1.807) is 0 Å². The highest BCUT2D eigenvalue weighted by atomic mass is 16.2. The molecule has 20 heavy (non-hydrogen) atoms. The molecule has 110 valence electrons. The Labute approximate surface area is 122 Å². The van der Waals surface area contributed by atoms with Crippen LogP contribution >= 0.6 is 0 Å². The molecule has 1 amide bonds. The molecule has 1 heterocycles. The molecule has 1 saturated heterocycles. The number of amides is 1. The SMILES string of the molecule is CNCCCC(=O)N1CCCCC1c1ccc(C)cc1. The summed E-state index contributed by atoms with van der Waals surface area (Å²) in [5.41, 5.74) is 2.56. The third kappa shape index (κ3) is 3.83. The number of carbonyl (C=O) groups excluding carboxylic acids is 1. The van der Waals surface area contributed by atoms with E-state index in [0.717, 1.165) is 32.4 Å². The van der Waals surface area contributed by atoms with Crippen molar-refractivity contribution in [2.75, 3.05) is 20.1 Å². The largest absolute Gasteiger partial charge is 0.336 e. The second-order valence-corrected chi connectivity index (χ2v) is 5.72. The van der Waals surface area contributed by atoms with Crippen LogP contribution in [0, 0.1) is 6.92 Å². The van der Waals surface area contributed by atoms with E-state index in [0.29, 0.717) is 12.3 Å². The van der Waals surface area contributed by atoms with Gasteiger partial charge < -0.3 is 10.2 Å². The molecule has 1 aliphatic heterocycles. The van der Waals surface area contributed by atoms with Gasteiger partial charge in [-0.1, -0.05) is 29.8 Å². The summed E-state index contributed by atoms with van der Waals surface area (Å²) in [7, 11) is 1.93. The van der Waals surface area contributed by atoms with Gasteiger partial charge in [0, 0.05) is 13.0 Å². The molecule has 0 aromatic heterocycles. The molecule has 0 aliphatic carbocycles. The molecule has 1 aliphatic rings. The van der Waals surface area contributed by atoms with Gasteiger partial charge in [-0.2, -0.15) is 0 Å². The Bertz CT molecular complexity index is 427. The van der Waals surface area contributed by atoms with Crippen LogP contribution in [-0.4, -0.2) is 30.9 Å². The molecule has 1 fully saturated rings. The molecule has 0 radical (unpaired) electrons. The summed E-state index contributed by atoms with van der Waals surface area (Å²) in [5.74, 6) is 0.311. The van der Waals surface area contributed by atoms with Gasteiger partial charge in [0.2, 0.25) is 5.91 Å². The van der Waals surface area contributed by atoms with Gasteiger partial charge in [-0.25, -0.2) is 0 Å². The van der Waals surface area contributed by atoms with E-state index in [2.05, 4.69) is 41.4 Å². The average Bonchev–Trinajstić information content (AvgIpc) is 2.48. The number of benzene rings is 1. The van der Waals surface area contributed by atoms with Crippen molar-refractivity contribution in [1.82, 2.24) is 10.2 Å². The fourth-order valence-electron chi connectivity index (χ4n) is 2.93. The summed E-state index contributed by atoms with van der Waals surface area (Å²) >= 11 is 0. The van der Waals surface area contributed by atoms with E-state index >= 15 is 0 Å². The average molecular weight is 274 g/mol. The van der Waals surface area contributed by atoms with Crippen molar-refractivity contribution in [1.29, 1.82) is 0 Å². The maximum absolute atomic E-state index is 12.4. The monoisotopic (exact) mass is 274 g/mol. The van der Waals surface area contributed by atoms with Crippen molar-refractivity contribution in [3.05, 3.63) is 35.4 Å². The highest BCUT2D eigenvalue weighted by Crippen LogP contribution is 2.31. The zero-order valence-corrected chi connectivity index (χ0v) is 12.7. The van der Waals surface area contributed by atoms with Crippen LogP contribution in [0.15, 0.2) is 24.3 Å². The number of rotatable bonds is 5. The summed E-state index contributed by atoms with van der Waals surface area (Å²) in [6.07, 6.45) is 5.04. The Morgan fingerprint density at radius 3 is 2.75 bits per heavy atom. The molecule has 1 atom stereocenters. The van der Waals surface area contributed by atoms with Crippen LogP contribution in [-0.2, 0) is 4.79 Å². The van der Waals surface area contributed by atoms with E-state index in [-0.39, 0.29) is 6.04 Å². The lowest BCUT2D eigenvalue weighted by Gasteiger charge is -2.36. The molecule has 0 spiro atoms. The van der Waals surface area contributed by atoms with Gasteiger partial charge in [-0.15, -0.1) is 0 Å². The molecular weight excluding hydrogens is 248 g/mol. The van der Waals surface area contributed by atoms with E-state index in [1.165, 1.54) is 17.5 Å². The second kappa shape index (κ2) is 7.44. The molecule has 3 heteroatoms. The van der Waals surface area contributed by atoms with Crippen molar-refractivity contribution in [2.45, 2.75) is 45.1 Å². The fraction of sp³-hybridized carbons (Fsp3) is 0.588. The highest BCUT2D eigenvalue weighted by molar-refractivity contribution is 5.76. The number of piperidine rings is 1. The van der Waals surface area contributed by atoms with Crippen molar-refractivity contribution in [2.24, 2.45) is 0 Å². The van der Waals surface area contributed by atoms with Gasteiger partial charge >= 0.3 is 0 Å². The second-order valence-electron chi connectivity index (χ2n) is 5.72. The highest BCUT2D eigenvalue weighted by Gasteiger charge is 2.27. The first-order valence-corrected chi connectivity index (χ1v) is 7.73. The van der Waals surface area contributed by atoms with Gasteiger partial charge in [-0.05, 0) is 51.8 Å². The maximum atomic E-state index is 12.4. The maximum Gasteiger partial charge on any atom is 0.223 e.